The van der Waals surface area contributed by atoms with Gasteiger partial charge in [-0.25, -0.2) is 4.98 Å². The summed E-state index contributed by atoms with van der Waals surface area (Å²) in [5.74, 6) is -0.0165. The highest BCUT2D eigenvalue weighted by Crippen LogP contribution is 2.45. The Bertz CT molecular complexity index is 698. The van der Waals surface area contributed by atoms with Crippen LogP contribution in [0.5, 0.6) is 0 Å². The van der Waals surface area contributed by atoms with E-state index in [1.165, 1.54) is 15.3 Å². The van der Waals surface area contributed by atoms with Crippen LogP contribution in [-0.2, 0) is 17.8 Å². The summed E-state index contributed by atoms with van der Waals surface area (Å²) in [6.45, 7) is 11.0. The number of thiophene rings is 1. The van der Waals surface area contributed by atoms with E-state index < -0.39 is 0 Å². The van der Waals surface area contributed by atoms with Crippen molar-refractivity contribution in [2.75, 3.05) is 18.4 Å². The monoisotopic (exact) mass is 335 g/mol. The lowest BCUT2D eigenvalue weighted by atomic mass is 10.0. The summed E-state index contributed by atoms with van der Waals surface area (Å²) in [4.78, 5) is 21.4. The first-order chi connectivity index (χ1) is 10.5. The molecular weight excluding hydrogens is 314 g/mol. The van der Waals surface area contributed by atoms with Crippen LogP contribution in [0.2, 0.25) is 0 Å². The van der Waals surface area contributed by atoms with Gasteiger partial charge in [-0.1, -0.05) is 6.92 Å². The molecule has 0 radical (unpaired) electrons. The number of likely N-dealkylation sites (N-methyl/N-ethyl adjacent to an activating group) is 1. The van der Waals surface area contributed by atoms with E-state index in [4.69, 9.17) is 4.98 Å². The van der Waals surface area contributed by atoms with Crippen molar-refractivity contribution >= 4 is 33.6 Å². The molecule has 1 N–H and O–H groups in total. The number of hydrogen-bond donors (Lipinski definition) is 1. The molecule has 0 saturated carbocycles. The fourth-order valence-corrected chi connectivity index (χ4v) is 5.18. The number of nitrogens with one attached hydrogen (secondary N) is 1. The molecule has 0 fully saturated rings. The second-order valence-electron chi connectivity index (χ2n) is 5.67. The highest BCUT2D eigenvalue weighted by molar-refractivity contribution is 7.19. The fourth-order valence-electron chi connectivity index (χ4n) is 2.78. The van der Waals surface area contributed by atoms with Crippen molar-refractivity contribution in [1.29, 1.82) is 0 Å². The molecule has 0 saturated heterocycles. The number of hydrogen-bond acceptors (Lipinski definition) is 5. The predicted molar refractivity (Wildman–Crippen MR) is 93.9 cm³/mol. The van der Waals surface area contributed by atoms with E-state index in [0.717, 1.165) is 47.3 Å². The van der Waals surface area contributed by atoms with Crippen molar-refractivity contribution in [2.45, 2.75) is 40.7 Å². The minimum absolute atomic E-state index is 0.0165. The number of thiazole rings is 1. The third kappa shape index (κ3) is 2.83. The summed E-state index contributed by atoms with van der Waals surface area (Å²) < 4.78 is 0. The summed E-state index contributed by atoms with van der Waals surface area (Å²) in [6, 6.07) is 0. The second kappa shape index (κ2) is 6.10. The van der Waals surface area contributed by atoms with E-state index in [2.05, 4.69) is 24.1 Å². The van der Waals surface area contributed by atoms with E-state index in [0.29, 0.717) is 0 Å². The highest BCUT2D eigenvalue weighted by Gasteiger charge is 2.26. The molecule has 2 aromatic rings. The maximum Gasteiger partial charge on any atom is 0.221 e. The molecule has 4 nitrogen and oxygen atoms in total. The number of aromatic nitrogens is 1. The molecule has 3 heterocycles. The molecule has 0 aromatic carbocycles. The van der Waals surface area contributed by atoms with Gasteiger partial charge in [-0.2, -0.15) is 0 Å². The van der Waals surface area contributed by atoms with Gasteiger partial charge in [0.2, 0.25) is 5.91 Å². The normalized spacial score (nSPS) is 14.9. The number of amides is 1. The first kappa shape index (κ1) is 15.6. The largest absolute Gasteiger partial charge is 0.317 e. The summed E-state index contributed by atoms with van der Waals surface area (Å²) in [6.07, 6.45) is 1.03. The molecule has 1 aliphatic rings. The lowest BCUT2D eigenvalue weighted by Crippen LogP contribution is -2.29. The number of fused-ring (bicyclic) bond motifs is 1. The van der Waals surface area contributed by atoms with Crippen molar-refractivity contribution in [3.63, 3.8) is 0 Å². The van der Waals surface area contributed by atoms with Gasteiger partial charge in [-0.15, -0.1) is 22.7 Å². The van der Waals surface area contributed by atoms with E-state index in [1.54, 1.807) is 29.6 Å². The topological polar surface area (TPSA) is 45.2 Å². The average molecular weight is 335 g/mol. The Balaban J connectivity index is 2.10. The Hall–Kier alpha value is -1.24. The quantitative estimate of drug-likeness (QED) is 0.927. The van der Waals surface area contributed by atoms with Gasteiger partial charge in [0.1, 0.15) is 10.0 Å². The van der Waals surface area contributed by atoms with E-state index in [-0.39, 0.29) is 5.91 Å². The van der Waals surface area contributed by atoms with Crippen LogP contribution >= 0.6 is 22.7 Å². The molecule has 0 unspecified atom stereocenters. The third-order valence-electron chi connectivity index (χ3n) is 4.12. The zero-order valence-corrected chi connectivity index (χ0v) is 15.1. The molecule has 0 bridgehead atoms. The lowest BCUT2D eigenvalue weighted by Gasteiger charge is -2.25. The molecule has 0 aliphatic carbocycles. The zero-order chi connectivity index (χ0) is 15.9. The summed E-state index contributed by atoms with van der Waals surface area (Å²) in [5, 5.41) is 5.02. The van der Waals surface area contributed by atoms with Gasteiger partial charge >= 0.3 is 0 Å². The van der Waals surface area contributed by atoms with E-state index >= 15 is 0 Å². The molecule has 3 rings (SSSR count). The Morgan fingerprint density at radius 1 is 1.36 bits per heavy atom. The molecule has 1 aliphatic heterocycles. The van der Waals surface area contributed by atoms with Crippen LogP contribution in [0.3, 0.4) is 0 Å². The van der Waals surface area contributed by atoms with Crippen molar-refractivity contribution in [3.05, 3.63) is 21.0 Å². The smallest absolute Gasteiger partial charge is 0.221 e. The second-order valence-corrected chi connectivity index (χ2v) is 7.98. The molecular formula is C16H21N3OS2. The number of aryl methyl sites for hydroxylation is 2. The number of nitrogens with zero attached hydrogens (tertiary/aromatic N) is 2. The van der Waals surface area contributed by atoms with Crippen molar-refractivity contribution in [1.82, 2.24) is 9.88 Å². The number of rotatable bonds is 3. The van der Waals surface area contributed by atoms with E-state index in [1.807, 2.05) is 6.92 Å². The summed E-state index contributed by atoms with van der Waals surface area (Å²) in [5.41, 5.74) is 3.62. The van der Waals surface area contributed by atoms with Crippen molar-refractivity contribution in [2.24, 2.45) is 0 Å². The average Bonchev–Trinajstić information content (AvgIpc) is 2.97. The van der Waals surface area contributed by atoms with Gasteiger partial charge in [-0.05, 0) is 32.4 Å². The van der Waals surface area contributed by atoms with E-state index in [9.17, 15) is 4.79 Å². The van der Waals surface area contributed by atoms with Crippen LogP contribution in [0, 0.1) is 13.8 Å². The van der Waals surface area contributed by atoms with Gasteiger partial charge in [0.15, 0.2) is 0 Å². The maximum atomic E-state index is 11.6. The van der Waals surface area contributed by atoms with Crippen LogP contribution in [0.15, 0.2) is 0 Å². The van der Waals surface area contributed by atoms with Crippen LogP contribution in [0.1, 0.15) is 34.9 Å². The van der Waals surface area contributed by atoms with Gasteiger partial charge in [0, 0.05) is 35.3 Å². The first-order valence-electron chi connectivity index (χ1n) is 7.58. The molecule has 2 aromatic heterocycles. The highest BCUT2D eigenvalue weighted by atomic mass is 32.1. The predicted octanol–water partition coefficient (Wildman–Crippen LogP) is 3.82. The summed E-state index contributed by atoms with van der Waals surface area (Å²) >= 11 is 3.44. The molecule has 0 atom stereocenters. The standard InChI is InChI=1S/C16H21N3OS2/c1-5-19-7-6-12-13(8-19)22-16(18-11(4)20)14(12)15-17-9(2)10(3)21-15/h5-8H2,1-4H3,(H,18,20). The molecule has 6 heteroatoms. The Kier molecular flexibility index (Phi) is 4.34. The molecule has 1 amide bonds. The van der Waals surface area contributed by atoms with Gasteiger partial charge in [0.25, 0.3) is 0 Å². The van der Waals surface area contributed by atoms with Crippen LogP contribution in [-0.4, -0.2) is 28.9 Å². The minimum atomic E-state index is -0.0165. The molecule has 118 valence electrons. The Labute approximate surface area is 139 Å². The molecule has 0 spiro atoms. The van der Waals surface area contributed by atoms with Gasteiger partial charge in [0.05, 0.1) is 5.69 Å². The maximum absolute atomic E-state index is 11.6. The zero-order valence-electron chi connectivity index (χ0n) is 13.4. The SMILES string of the molecule is CCN1CCc2c(sc(NC(C)=O)c2-c2nc(C)c(C)s2)C1. The Morgan fingerprint density at radius 2 is 2.14 bits per heavy atom. The van der Waals surface area contributed by atoms with Crippen LogP contribution < -0.4 is 5.32 Å². The Morgan fingerprint density at radius 3 is 2.73 bits per heavy atom. The summed E-state index contributed by atoms with van der Waals surface area (Å²) in [7, 11) is 0. The number of carbonyl (C=O) groups excluding carboxylic acids is 1. The minimum Gasteiger partial charge on any atom is -0.317 e. The van der Waals surface area contributed by atoms with Gasteiger partial charge < -0.3 is 5.32 Å². The first-order valence-corrected chi connectivity index (χ1v) is 9.21. The fraction of sp³-hybridized carbons (Fsp3) is 0.500. The van der Waals surface area contributed by atoms with Crippen LogP contribution in [0.4, 0.5) is 5.00 Å². The molecule has 22 heavy (non-hydrogen) atoms. The van der Waals surface area contributed by atoms with Gasteiger partial charge in [-0.3, -0.25) is 9.69 Å². The number of carbonyl (C=O) groups is 1. The third-order valence-corrected chi connectivity index (χ3v) is 6.34. The van der Waals surface area contributed by atoms with Crippen molar-refractivity contribution < 1.29 is 4.79 Å². The van der Waals surface area contributed by atoms with Crippen molar-refractivity contribution in [3.8, 4) is 10.6 Å². The van der Waals surface area contributed by atoms with Crippen LogP contribution in [0.25, 0.3) is 10.6 Å². The number of anilines is 1. The lowest BCUT2D eigenvalue weighted by molar-refractivity contribution is -0.114.